The molecule has 1 saturated heterocycles. The Kier molecular flexibility index (Phi) is 3.70. The van der Waals surface area contributed by atoms with E-state index in [9.17, 15) is 14.4 Å². The van der Waals surface area contributed by atoms with E-state index >= 15 is 0 Å². The van der Waals surface area contributed by atoms with E-state index in [4.69, 9.17) is 10.8 Å². The SMILES string of the molecule is CC(NC(=O)N1CCCC1C(N)=O)C(=O)O. The minimum absolute atomic E-state index is 0.422. The van der Waals surface area contributed by atoms with Gasteiger partial charge in [-0.25, -0.2) is 4.79 Å². The molecule has 0 spiro atoms. The fraction of sp³-hybridized carbons (Fsp3) is 0.667. The lowest BCUT2D eigenvalue weighted by atomic mass is 10.2. The van der Waals surface area contributed by atoms with Gasteiger partial charge in [0.25, 0.3) is 0 Å². The van der Waals surface area contributed by atoms with Crippen LogP contribution in [0, 0.1) is 0 Å². The first kappa shape index (κ1) is 12.3. The quantitative estimate of drug-likeness (QED) is 0.583. The van der Waals surface area contributed by atoms with E-state index < -0.39 is 30.0 Å². The molecule has 0 saturated carbocycles. The van der Waals surface area contributed by atoms with Gasteiger partial charge in [-0.15, -0.1) is 0 Å². The van der Waals surface area contributed by atoms with Gasteiger partial charge >= 0.3 is 12.0 Å². The Morgan fingerprint density at radius 1 is 1.50 bits per heavy atom. The number of carbonyl (C=O) groups is 3. The van der Waals surface area contributed by atoms with Gasteiger partial charge in [0, 0.05) is 6.54 Å². The molecule has 7 heteroatoms. The zero-order valence-electron chi connectivity index (χ0n) is 8.97. The average Bonchev–Trinajstić information content (AvgIpc) is 2.65. The molecule has 0 bridgehead atoms. The number of hydrogen-bond donors (Lipinski definition) is 3. The number of urea groups is 1. The van der Waals surface area contributed by atoms with Gasteiger partial charge in [-0.2, -0.15) is 0 Å². The Balaban J connectivity index is 2.60. The standard InChI is InChI=1S/C9H15N3O4/c1-5(8(14)15)11-9(16)12-4-2-3-6(12)7(10)13/h5-6H,2-4H2,1H3,(H2,10,13)(H,11,16)(H,14,15). The van der Waals surface area contributed by atoms with Crippen molar-refractivity contribution in [3.63, 3.8) is 0 Å². The van der Waals surface area contributed by atoms with Crippen LogP contribution in [0.5, 0.6) is 0 Å². The van der Waals surface area contributed by atoms with Gasteiger partial charge in [-0.05, 0) is 19.8 Å². The van der Waals surface area contributed by atoms with Crippen LogP contribution < -0.4 is 11.1 Å². The van der Waals surface area contributed by atoms with E-state index in [0.29, 0.717) is 19.4 Å². The molecule has 0 aromatic heterocycles. The van der Waals surface area contributed by atoms with Crippen LogP contribution in [0.2, 0.25) is 0 Å². The normalized spacial score (nSPS) is 21.6. The molecule has 7 nitrogen and oxygen atoms in total. The maximum Gasteiger partial charge on any atom is 0.325 e. The van der Waals surface area contributed by atoms with Crippen molar-refractivity contribution >= 4 is 17.9 Å². The van der Waals surface area contributed by atoms with Crippen LogP contribution in [0.1, 0.15) is 19.8 Å². The van der Waals surface area contributed by atoms with Gasteiger partial charge in [0.1, 0.15) is 12.1 Å². The van der Waals surface area contributed by atoms with Crippen molar-refractivity contribution in [3.05, 3.63) is 0 Å². The molecule has 0 aliphatic carbocycles. The average molecular weight is 229 g/mol. The first-order valence-corrected chi connectivity index (χ1v) is 5.02. The molecule has 2 unspecified atom stereocenters. The third-order valence-electron chi connectivity index (χ3n) is 2.55. The monoisotopic (exact) mass is 229 g/mol. The van der Waals surface area contributed by atoms with E-state index in [-0.39, 0.29) is 0 Å². The zero-order chi connectivity index (χ0) is 12.3. The summed E-state index contributed by atoms with van der Waals surface area (Å²) < 4.78 is 0. The molecule has 2 atom stereocenters. The van der Waals surface area contributed by atoms with E-state index in [1.54, 1.807) is 0 Å². The molecule has 1 aliphatic rings. The maximum absolute atomic E-state index is 11.6. The Labute approximate surface area is 92.6 Å². The summed E-state index contributed by atoms with van der Waals surface area (Å²) in [6.07, 6.45) is 1.23. The molecule has 0 aromatic rings. The first-order valence-electron chi connectivity index (χ1n) is 5.02. The number of carboxylic acids is 1. The highest BCUT2D eigenvalue weighted by molar-refractivity contribution is 5.88. The van der Waals surface area contributed by atoms with Crippen molar-refractivity contribution in [3.8, 4) is 0 Å². The number of carbonyl (C=O) groups excluding carboxylic acids is 2. The highest BCUT2D eigenvalue weighted by Gasteiger charge is 2.33. The van der Waals surface area contributed by atoms with E-state index in [1.165, 1.54) is 11.8 Å². The fourth-order valence-electron chi connectivity index (χ4n) is 1.64. The summed E-state index contributed by atoms with van der Waals surface area (Å²) in [5, 5.41) is 10.9. The number of nitrogens with zero attached hydrogens (tertiary/aromatic N) is 1. The molecular weight excluding hydrogens is 214 g/mol. The fourth-order valence-corrected chi connectivity index (χ4v) is 1.64. The van der Waals surface area contributed by atoms with Crippen LogP contribution in [0.25, 0.3) is 0 Å². The van der Waals surface area contributed by atoms with Gasteiger partial charge in [-0.3, -0.25) is 9.59 Å². The molecule has 0 radical (unpaired) electrons. The molecule has 1 aliphatic heterocycles. The van der Waals surface area contributed by atoms with Crippen molar-refractivity contribution in [2.75, 3.05) is 6.54 Å². The molecule has 1 rings (SSSR count). The number of nitrogens with two attached hydrogens (primary N) is 1. The van der Waals surface area contributed by atoms with Gasteiger partial charge in [-0.1, -0.05) is 0 Å². The summed E-state index contributed by atoms with van der Waals surface area (Å²) in [5.41, 5.74) is 5.14. The number of aliphatic carboxylic acids is 1. The Morgan fingerprint density at radius 3 is 2.62 bits per heavy atom. The number of carboxylic acid groups (broad SMARTS) is 1. The second kappa shape index (κ2) is 4.82. The Morgan fingerprint density at radius 2 is 2.12 bits per heavy atom. The third kappa shape index (κ3) is 2.62. The number of amides is 3. The zero-order valence-corrected chi connectivity index (χ0v) is 8.97. The Bertz CT molecular complexity index is 318. The molecule has 3 amide bonds. The minimum Gasteiger partial charge on any atom is -0.480 e. The highest BCUT2D eigenvalue weighted by Crippen LogP contribution is 2.16. The summed E-state index contributed by atoms with van der Waals surface area (Å²) in [6, 6.07) is -2.17. The van der Waals surface area contributed by atoms with Crippen molar-refractivity contribution in [1.82, 2.24) is 10.2 Å². The van der Waals surface area contributed by atoms with Crippen LogP contribution in [-0.4, -0.2) is 46.5 Å². The lowest BCUT2D eigenvalue weighted by Gasteiger charge is -2.23. The van der Waals surface area contributed by atoms with Crippen molar-refractivity contribution < 1.29 is 19.5 Å². The molecule has 4 N–H and O–H groups in total. The molecular formula is C9H15N3O4. The smallest absolute Gasteiger partial charge is 0.325 e. The van der Waals surface area contributed by atoms with Crippen LogP contribution in [0.3, 0.4) is 0 Å². The number of likely N-dealkylation sites (tertiary alicyclic amines) is 1. The van der Waals surface area contributed by atoms with Crippen LogP contribution in [-0.2, 0) is 9.59 Å². The summed E-state index contributed by atoms with van der Waals surface area (Å²) in [5.74, 6) is -1.68. The van der Waals surface area contributed by atoms with Gasteiger partial charge in [0.05, 0.1) is 0 Å². The number of nitrogens with one attached hydrogen (secondary N) is 1. The maximum atomic E-state index is 11.6. The molecule has 0 aromatic carbocycles. The molecule has 1 heterocycles. The number of hydrogen-bond acceptors (Lipinski definition) is 3. The summed E-state index contributed by atoms with van der Waals surface area (Å²) in [7, 11) is 0. The first-order chi connectivity index (χ1) is 7.43. The minimum atomic E-state index is -1.12. The summed E-state index contributed by atoms with van der Waals surface area (Å²) in [4.78, 5) is 34.5. The molecule has 90 valence electrons. The highest BCUT2D eigenvalue weighted by atomic mass is 16.4. The second-order valence-corrected chi connectivity index (χ2v) is 3.76. The topological polar surface area (TPSA) is 113 Å². The number of rotatable bonds is 3. The summed E-state index contributed by atoms with van der Waals surface area (Å²) >= 11 is 0. The van der Waals surface area contributed by atoms with Crippen molar-refractivity contribution in [2.45, 2.75) is 31.8 Å². The predicted octanol–water partition coefficient (Wildman–Crippen LogP) is -0.881. The van der Waals surface area contributed by atoms with E-state index in [0.717, 1.165) is 0 Å². The third-order valence-corrected chi connectivity index (χ3v) is 2.55. The summed E-state index contributed by atoms with van der Waals surface area (Å²) in [6.45, 7) is 1.78. The van der Waals surface area contributed by atoms with Crippen LogP contribution in [0.4, 0.5) is 4.79 Å². The second-order valence-electron chi connectivity index (χ2n) is 3.76. The number of primary amides is 1. The Hall–Kier alpha value is -1.79. The largest absolute Gasteiger partial charge is 0.480 e. The van der Waals surface area contributed by atoms with Gasteiger partial charge < -0.3 is 21.1 Å². The molecule has 1 fully saturated rings. The lowest BCUT2D eigenvalue weighted by Crippen LogP contribution is -2.51. The van der Waals surface area contributed by atoms with Gasteiger partial charge in [0.2, 0.25) is 5.91 Å². The predicted molar refractivity (Wildman–Crippen MR) is 54.6 cm³/mol. The van der Waals surface area contributed by atoms with Gasteiger partial charge in [0.15, 0.2) is 0 Å². The van der Waals surface area contributed by atoms with Crippen LogP contribution >= 0.6 is 0 Å². The molecule has 16 heavy (non-hydrogen) atoms. The van der Waals surface area contributed by atoms with Crippen LogP contribution in [0.15, 0.2) is 0 Å². The van der Waals surface area contributed by atoms with Crippen molar-refractivity contribution in [1.29, 1.82) is 0 Å². The van der Waals surface area contributed by atoms with E-state index in [2.05, 4.69) is 5.32 Å². The van der Waals surface area contributed by atoms with Crippen molar-refractivity contribution in [2.24, 2.45) is 5.73 Å². The lowest BCUT2D eigenvalue weighted by molar-refractivity contribution is -0.138. The van der Waals surface area contributed by atoms with E-state index in [1.807, 2.05) is 0 Å².